The average Bonchev–Trinajstić information content (AvgIpc) is 3.38. The fourth-order valence-electron chi connectivity index (χ4n) is 3.36. The SMILES string of the molecule is CNC(=O)c1cccc(NC(=O)c2cc(-c3ccc(C)s3)nc3c2cnn3C(C)C)c1. The molecule has 0 saturated carbocycles. The Morgan fingerprint density at radius 2 is 1.90 bits per heavy atom. The van der Waals surface area contributed by atoms with Crippen molar-refractivity contribution in [1.82, 2.24) is 20.1 Å². The highest BCUT2D eigenvalue weighted by atomic mass is 32.1. The molecule has 2 N–H and O–H groups in total. The number of hydrogen-bond donors (Lipinski definition) is 2. The van der Waals surface area contributed by atoms with Crippen molar-refractivity contribution in [2.75, 3.05) is 12.4 Å². The second-order valence-electron chi connectivity index (χ2n) is 7.50. The summed E-state index contributed by atoms with van der Waals surface area (Å²) in [5.41, 5.74) is 2.91. The van der Waals surface area contributed by atoms with E-state index in [4.69, 9.17) is 4.98 Å². The van der Waals surface area contributed by atoms with Gasteiger partial charge in [0.05, 0.1) is 27.7 Å². The highest BCUT2D eigenvalue weighted by Gasteiger charge is 2.19. The number of benzene rings is 1. The Morgan fingerprint density at radius 3 is 2.58 bits per heavy atom. The Kier molecular flexibility index (Phi) is 5.56. The van der Waals surface area contributed by atoms with Crippen molar-refractivity contribution in [1.29, 1.82) is 0 Å². The van der Waals surface area contributed by atoms with Gasteiger partial charge in [-0.15, -0.1) is 11.3 Å². The van der Waals surface area contributed by atoms with Gasteiger partial charge in [0.15, 0.2) is 5.65 Å². The summed E-state index contributed by atoms with van der Waals surface area (Å²) in [4.78, 5) is 32.2. The van der Waals surface area contributed by atoms with E-state index >= 15 is 0 Å². The van der Waals surface area contributed by atoms with Gasteiger partial charge in [-0.05, 0) is 57.2 Å². The van der Waals surface area contributed by atoms with E-state index in [0.717, 1.165) is 10.6 Å². The lowest BCUT2D eigenvalue weighted by atomic mass is 10.1. The molecule has 1 aromatic carbocycles. The van der Waals surface area contributed by atoms with Gasteiger partial charge in [-0.2, -0.15) is 5.10 Å². The molecule has 7 nitrogen and oxygen atoms in total. The molecule has 4 rings (SSSR count). The zero-order chi connectivity index (χ0) is 22.1. The van der Waals surface area contributed by atoms with Gasteiger partial charge in [0.25, 0.3) is 11.8 Å². The predicted molar refractivity (Wildman–Crippen MR) is 124 cm³/mol. The number of pyridine rings is 1. The van der Waals surface area contributed by atoms with Crippen molar-refractivity contribution in [3.8, 4) is 10.6 Å². The molecule has 0 fully saturated rings. The molecule has 3 heterocycles. The van der Waals surface area contributed by atoms with Gasteiger partial charge in [-0.1, -0.05) is 6.07 Å². The van der Waals surface area contributed by atoms with E-state index in [0.29, 0.717) is 27.8 Å². The standard InChI is InChI=1S/C23H23N5O2S/c1-13(2)28-21-18(12-25-28)17(11-19(27-21)20-9-8-14(3)31-20)23(30)26-16-7-5-6-15(10-16)22(29)24-4/h5-13H,1-4H3,(H,24,29)(H,26,30). The molecule has 4 aromatic rings. The van der Waals surface area contributed by atoms with Crippen molar-refractivity contribution in [2.24, 2.45) is 0 Å². The third-order valence-electron chi connectivity index (χ3n) is 4.90. The number of nitrogens with zero attached hydrogens (tertiary/aromatic N) is 3. The number of fused-ring (bicyclic) bond motifs is 1. The largest absolute Gasteiger partial charge is 0.355 e. The molecular formula is C23H23N5O2S. The van der Waals surface area contributed by atoms with Crippen molar-refractivity contribution in [3.63, 3.8) is 0 Å². The summed E-state index contributed by atoms with van der Waals surface area (Å²) in [7, 11) is 1.57. The van der Waals surface area contributed by atoms with Crippen LogP contribution in [-0.4, -0.2) is 33.6 Å². The number of aromatic nitrogens is 3. The minimum atomic E-state index is -0.278. The first kappa shape index (κ1) is 20.7. The molecule has 2 amide bonds. The van der Waals surface area contributed by atoms with Crippen molar-refractivity contribution < 1.29 is 9.59 Å². The van der Waals surface area contributed by atoms with E-state index in [1.54, 1.807) is 54.9 Å². The first-order chi connectivity index (χ1) is 14.9. The van der Waals surface area contributed by atoms with Crippen LogP contribution in [0.25, 0.3) is 21.6 Å². The van der Waals surface area contributed by atoms with Crippen LogP contribution in [0.15, 0.2) is 48.7 Å². The molecular weight excluding hydrogens is 410 g/mol. The van der Waals surface area contributed by atoms with Crippen LogP contribution >= 0.6 is 11.3 Å². The second kappa shape index (κ2) is 8.31. The van der Waals surface area contributed by atoms with Crippen molar-refractivity contribution in [2.45, 2.75) is 26.8 Å². The highest BCUT2D eigenvalue weighted by molar-refractivity contribution is 7.15. The summed E-state index contributed by atoms with van der Waals surface area (Å²) in [5.74, 6) is -0.491. The summed E-state index contributed by atoms with van der Waals surface area (Å²) in [6.45, 7) is 6.10. The summed E-state index contributed by atoms with van der Waals surface area (Å²) < 4.78 is 1.82. The molecule has 3 aromatic heterocycles. The lowest BCUT2D eigenvalue weighted by Gasteiger charge is -2.11. The molecule has 0 atom stereocenters. The maximum atomic E-state index is 13.3. The number of anilines is 1. The van der Waals surface area contributed by atoms with Crippen LogP contribution in [0.2, 0.25) is 0 Å². The molecule has 0 unspecified atom stereocenters. The topological polar surface area (TPSA) is 88.9 Å². The summed E-state index contributed by atoms with van der Waals surface area (Å²) in [5, 5.41) is 10.6. The molecule has 0 spiro atoms. The van der Waals surface area contributed by atoms with Crippen molar-refractivity contribution >= 4 is 39.9 Å². The number of nitrogens with one attached hydrogen (secondary N) is 2. The zero-order valence-corrected chi connectivity index (χ0v) is 18.6. The van der Waals surface area contributed by atoms with Gasteiger partial charge in [-0.25, -0.2) is 9.67 Å². The van der Waals surface area contributed by atoms with Gasteiger partial charge >= 0.3 is 0 Å². The molecule has 158 valence electrons. The maximum Gasteiger partial charge on any atom is 0.256 e. The van der Waals surface area contributed by atoms with Gasteiger partial charge in [0, 0.05) is 29.2 Å². The number of carbonyl (C=O) groups is 2. The Hall–Kier alpha value is -3.52. The maximum absolute atomic E-state index is 13.3. The third kappa shape index (κ3) is 4.06. The molecule has 0 aliphatic heterocycles. The molecule has 0 saturated heterocycles. The Labute approximate surface area is 184 Å². The molecule has 0 aliphatic carbocycles. The minimum absolute atomic E-state index is 0.102. The minimum Gasteiger partial charge on any atom is -0.355 e. The molecule has 0 aliphatic rings. The van der Waals surface area contributed by atoms with E-state index in [1.165, 1.54) is 4.88 Å². The van der Waals surface area contributed by atoms with Gasteiger partial charge in [-0.3, -0.25) is 9.59 Å². The molecule has 31 heavy (non-hydrogen) atoms. The van der Waals surface area contributed by atoms with E-state index in [9.17, 15) is 9.59 Å². The normalized spacial score (nSPS) is 11.1. The first-order valence-corrected chi connectivity index (χ1v) is 10.8. The van der Waals surface area contributed by atoms with E-state index < -0.39 is 0 Å². The number of rotatable bonds is 5. The monoisotopic (exact) mass is 433 g/mol. The van der Waals surface area contributed by atoms with E-state index in [2.05, 4.69) is 15.7 Å². The number of carbonyl (C=O) groups excluding carboxylic acids is 2. The van der Waals surface area contributed by atoms with Crippen LogP contribution in [0.4, 0.5) is 5.69 Å². The summed E-state index contributed by atoms with van der Waals surface area (Å²) in [6, 6.07) is 12.8. The van der Waals surface area contributed by atoms with E-state index in [-0.39, 0.29) is 17.9 Å². The smallest absolute Gasteiger partial charge is 0.256 e. The third-order valence-corrected chi connectivity index (χ3v) is 5.93. The number of aryl methyl sites for hydroxylation is 1. The van der Waals surface area contributed by atoms with Crippen LogP contribution in [-0.2, 0) is 0 Å². The van der Waals surface area contributed by atoms with Crippen LogP contribution in [0.3, 0.4) is 0 Å². The fraction of sp³-hybridized carbons (Fsp3) is 0.217. The Balaban J connectivity index is 1.79. The number of thiophene rings is 1. The molecule has 0 bridgehead atoms. The molecule has 8 heteroatoms. The highest BCUT2D eigenvalue weighted by Crippen LogP contribution is 2.31. The molecule has 0 radical (unpaired) electrons. The summed E-state index contributed by atoms with van der Waals surface area (Å²) >= 11 is 1.63. The zero-order valence-electron chi connectivity index (χ0n) is 17.8. The van der Waals surface area contributed by atoms with Gasteiger partial charge in [0.2, 0.25) is 0 Å². The number of amides is 2. The quantitative estimate of drug-likeness (QED) is 0.479. The first-order valence-electron chi connectivity index (χ1n) is 9.96. The lowest BCUT2D eigenvalue weighted by molar-refractivity contribution is 0.0961. The van der Waals surface area contributed by atoms with Gasteiger partial charge < -0.3 is 10.6 Å². The van der Waals surface area contributed by atoms with Gasteiger partial charge in [0.1, 0.15) is 0 Å². The van der Waals surface area contributed by atoms with Crippen molar-refractivity contribution in [3.05, 3.63) is 64.7 Å². The van der Waals surface area contributed by atoms with Crippen LogP contribution < -0.4 is 10.6 Å². The average molecular weight is 434 g/mol. The Morgan fingerprint density at radius 1 is 1.10 bits per heavy atom. The number of hydrogen-bond acceptors (Lipinski definition) is 5. The predicted octanol–water partition coefficient (Wildman–Crippen LogP) is 4.66. The Bertz CT molecular complexity index is 1290. The lowest BCUT2D eigenvalue weighted by Crippen LogP contribution is -2.18. The summed E-state index contributed by atoms with van der Waals surface area (Å²) in [6.07, 6.45) is 1.68. The van der Waals surface area contributed by atoms with Crippen LogP contribution in [0, 0.1) is 6.92 Å². The van der Waals surface area contributed by atoms with Crippen LogP contribution in [0.1, 0.15) is 45.5 Å². The van der Waals surface area contributed by atoms with Crippen LogP contribution in [0.5, 0.6) is 0 Å². The van der Waals surface area contributed by atoms with E-state index in [1.807, 2.05) is 37.6 Å². The fourth-order valence-corrected chi connectivity index (χ4v) is 4.19. The second-order valence-corrected chi connectivity index (χ2v) is 8.79.